The molecule has 0 aliphatic carbocycles. The van der Waals surface area contributed by atoms with Crippen molar-refractivity contribution in [3.8, 4) is 0 Å². The smallest absolute Gasteiger partial charge is 0.324 e. The monoisotopic (exact) mass is 507 g/mol. The molecule has 2 aromatic heterocycles. The second-order valence-electron chi connectivity index (χ2n) is 9.48. The zero-order valence-corrected chi connectivity index (χ0v) is 20.8. The summed E-state index contributed by atoms with van der Waals surface area (Å²) in [5.41, 5.74) is -0.727. The average molecular weight is 508 g/mol. The van der Waals surface area contributed by atoms with Crippen molar-refractivity contribution < 1.29 is 17.9 Å². The molecule has 0 spiro atoms. The number of aryl methyl sites for hydroxylation is 1. The van der Waals surface area contributed by atoms with Crippen molar-refractivity contribution in [3.05, 3.63) is 62.3 Å². The number of anilines is 2. The van der Waals surface area contributed by atoms with Crippen LogP contribution in [-0.4, -0.2) is 28.8 Å². The SMILES string of the molecule is CC(C)(C)CCn1c(=O)c(=C2Nc3ccc(NS(C)(=O)=O)cc3P(=O)(O)N2)c(=O)c2cccn21. The average Bonchev–Trinajstić information content (AvgIpc) is 3.16. The van der Waals surface area contributed by atoms with Crippen molar-refractivity contribution >= 4 is 45.6 Å². The van der Waals surface area contributed by atoms with Gasteiger partial charge in [0.05, 0.1) is 17.2 Å². The highest BCUT2D eigenvalue weighted by molar-refractivity contribution is 7.92. The Hall–Kier alpha value is -3.08. The Morgan fingerprint density at radius 2 is 1.88 bits per heavy atom. The van der Waals surface area contributed by atoms with Gasteiger partial charge in [0.2, 0.25) is 15.5 Å². The molecular formula is C21H26N5O6PS. The van der Waals surface area contributed by atoms with Gasteiger partial charge in [-0.05, 0) is 42.2 Å². The number of nitrogens with zero attached hydrogens (tertiary/aromatic N) is 2. The maximum atomic E-state index is 13.4. The van der Waals surface area contributed by atoms with Gasteiger partial charge in [-0.1, -0.05) is 20.8 Å². The van der Waals surface area contributed by atoms with Crippen LogP contribution in [0.5, 0.6) is 0 Å². The molecule has 0 fully saturated rings. The number of hydrogen-bond donors (Lipinski definition) is 4. The number of hydrogen-bond acceptors (Lipinski definition) is 6. The topological polar surface area (TPSA) is 151 Å². The lowest BCUT2D eigenvalue weighted by Gasteiger charge is -2.27. The summed E-state index contributed by atoms with van der Waals surface area (Å²) in [4.78, 5) is 37.4. The molecule has 4 N–H and O–H groups in total. The Labute approximate surface area is 195 Å². The van der Waals surface area contributed by atoms with Crippen molar-refractivity contribution in [1.29, 1.82) is 0 Å². The minimum atomic E-state index is -4.31. The molecule has 3 aromatic rings. The highest BCUT2D eigenvalue weighted by Gasteiger charge is 2.33. The molecule has 1 atom stereocenters. The molecule has 0 saturated heterocycles. The highest BCUT2D eigenvalue weighted by atomic mass is 32.2. The van der Waals surface area contributed by atoms with E-state index in [0.29, 0.717) is 13.0 Å². The second kappa shape index (κ2) is 8.00. The van der Waals surface area contributed by atoms with Gasteiger partial charge in [-0.25, -0.2) is 13.1 Å². The van der Waals surface area contributed by atoms with Crippen molar-refractivity contribution in [1.82, 2.24) is 14.3 Å². The molecular weight excluding hydrogens is 481 g/mol. The minimum Gasteiger partial charge on any atom is -0.340 e. The Morgan fingerprint density at radius 3 is 2.53 bits per heavy atom. The third-order valence-electron chi connectivity index (χ3n) is 5.37. The zero-order valence-electron chi connectivity index (χ0n) is 19.1. The summed E-state index contributed by atoms with van der Waals surface area (Å²) in [7, 11) is -7.91. The first-order valence-electron chi connectivity index (χ1n) is 10.5. The zero-order chi connectivity index (χ0) is 25.1. The van der Waals surface area contributed by atoms with Crippen LogP contribution in [0.1, 0.15) is 27.2 Å². The van der Waals surface area contributed by atoms with E-state index in [0.717, 1.165) is 6.26 Å². The summed E-state index contributed by atoms with van der Waals surface area (Å²) in [5.74, 6) is -0.176. The number of aromatic nitrogens is 2. The molecule has 0 amide bonds. The predicted octanol–water partition coefficient (Wildman–Crippen LogP) is 0.580. The standard InChI is InChI=1S/C21H26N5O6PS/c1-21(2,3)9-11-26-20(28)17(18(27)15-6-5-10-25(15)26)19-22-14-8-7-13(24-34(4,31)32)12-16(14)33(29,30)23-19/h5-8,10,12,22,24H,9,11H2,1-4H3,(H2,23,29,30). The summed E-state index contributed by atoms with van der Waals surface area (Å²) in [6, 6.07) is 7.28. The van der Waals surface area contributed by atoms with Crippen LogP contribution in [0.25, 0.3) is 11.3 Å². The van der Waals surface area contributed by atoms with Crippen LogP contribution in [0, 0.1) is 5.41 Å². The molecule has 0 bridgehead atoms. The minimum absolute atomic E-state index is 0.0683. The molecule has 0 radical (unpaired) electrons. The van der Waals surface area contributed by atoms with Gasteiger partial charge in [-0.15, -0.1) is 0 Å². The maximum absolute atomic E-state index is 13.4. The van der Waals surface area contributed by atoms with Crippen LogP contribution in [0.15, 0.2) is 46.1 Å². The van der Waals surface area contributed by atoms with Crippen LogP contribution in [-0.2, 0) is 21.1 Å². The van der Waals surface area contributed by atoms with E-state index in [2.05, 4.69) is 15.1 Å². The number of fused-ring (bicyclic) bond motifs is 2. The summed E-state index contributed by atoms with van der Waals surface area (Å²) in [6.45, 7) is 6.46. The maximum Gasteiger partial charge on any atom is 0.324 e. The Balaban J connectivity index is 1.92. The lowest BCUT2D eigenvalue weighted by Crippen LogP contribution is -2.52. The molecule has 1 aromatic carbocycles. The molecule has 11 nitrogen and oxygen atoms in total. The number of nitrogens with one attached hydrogen (secondary N) is 3. The highest BCUT2D eigenvalue weighted by Crippen LogP contribution is 2.42. The van der Waals surface area contributed by atoms with Crippen molar-refractivity contribution in [2.24, 2.45) is 5.41 Å². The quantitative estimate of drug-likeness (QED) is 0.375. The van der Waals surface area contributed by atoms with Crippen molar-refractivity contribution in [2.75, 3.05) is 16.3 Å². The molecule has 34 heavy (non-hydrogen) atoms. The molecule has 1 aliphatic heterocycles. The van der Waals surface area contributed by atoms with Crippen LogP contribution >= 0.6 is 7.52 Å². The van der Waals surface area contributed by atoms with E-state index < -0.39 is 28.5 Å². The van der Waals surface area contributed by atoms with Crippen LogP contribution < -0.4 is 36.6 Å². The van der Waals surface area contributed by atoms with Crippen molar-refractivity contribution in [2.45, 2.75) is 33.7 Å². The third-order valence-corrected chi connectivity index (χ3v) is 7.53. The van der Waals surface area contributed by atoms with Gasteiger partial charge in [0.1, 0.15) is 16.6 Å². The van der Waals surface area contributed by atoms with Gasteiger partial charge in [-0.2, -0.15) is 0 Å². The normalized spacial score (nSPS) is 19.9. The van der Waals surface area contributed by atoms with Gasteiger partial charge >= 0.3 is 7.52 Å². The Kier molecular flexibility index (Phi) is 5.66. The van der Waals surface area contributed by atoms with E-state index in [-0.39, 0.29) is 38.7 Å². The molecule has 0 saturated carbocycles. The Morgan fingerprint density at radius 1 is 1.18 bits per heavy atom. The first-order valence-corrected chi connectivity index (χ1v) is 14.0. The van der Waals surface area contributed by atoms with E-state index >= 15 is 0 Å². The fourth-order valence-electron chi connectivity index (χ4n) is 3.74. The fourth-order valence-corrected chi connectivity index (χ4v) is 5.66. The van der Waals surface area contributed by atoms with E-state index in [1.54, 1.807) is 18.3 Å². The molecule has 4 rings (SSSR count). The number of benzene rings is 1. The lowest BCUT2D eigenvalue weighted by molar-refractivity contribution is 0.331. The molecule has 3 heterocycles. The van der Waals surface area contributed by atoms with E-state index in [1.807, 2.05) is 20.8 Å². The first kappa shape index (κ1) is 24.1. The van der Waals surface area contributed by atoms with Gasteiger partial charge in [0.25, 0.3) is 5.56 Å². The predicted molar refractivity (Wildman–Crippen MR) is 132 cm³/mol. The first-order chi connectivity index (χ1) is 15.7. The summed E-state index contributed by atoms with van der Waals surface area (Å²) in [5, 5.41) is 4.91. The van der Waals surface area contributed by atoms with Gasteiger partial charge in [0, 0.05) is 18.4 Å². The summed E-state index contributed by atoms with van der Waals surface area (Å²) >= 11 is 0. The summed E-state index contributed by atoms with van der Waals surface area (Å²) < 4.78 is 41.4. The molecule has 13 heteroatoms. The van der Waals surface area contributed by atoms with E-state index in [1.165, 1.54) is 27.4 Å². The van der Waals surface area contributed by atoms with E-state index in [4.69, 9.17) is 0 Å². The Bertz CT molecular complexity index is 1630. The van der Waals surface area contributed by atoms with Gasteiger partial charge < -0.3 is 10.2 Å². The molecule has 1 unspecified atom stereocenters. The van der Waals surface area contributed by atoms with Crippen LogP contribution in [0.3, 0.4) is 0 Å². The summed E-state index contributed by atoms with van der Waals surface area (Å²) in [6.07, 6.45) is 3.25. The second-order valence-corrected chi connectivity index (χ2v) is 13.1. The third kappa shape index (κ3) is 4.61. The molecule has 1 aliphatic rings. The molecule has 182 valence electrons. The van der Waals surface area contributed by atoms with Gasteiger partial charge in [-0.3, -0.25) is 28.5 Å². The largest absolute Gasteiger partial charge is 0.340 e. The lowest BCUT2D eigenvalue weighted by atomic mass is 9.92. The van der Waals surface area contributed by atoms with Crippen molar-refractivity contribution in [3.63, 3.8) is 0 Å². The van der Waals surface area contributed by atoms with E-state index in [9.17, 15) is 27.5 Å². The van der Waals surface area contributed by atoms with Crippen LogP contribution in [0.4, 0.5) is 11.4 Å². The van der Waals surface area contributed by atoms with Crippen LogP contribution in [0.2, 0.25) is 0 Å². The number of rotatable bonds is 4. The number of sulfonamides is 1. The van der Waals surface area contributed by atoms with Gasteiger partial charge in [0.15, 0.2) is 0 Å². The fraction of sp³-hybridized carbons (Fsp3) is 0.333.